The fourth-order valence-corrected chi connectivity index (χ4v) is 10.5. The van der Waals surface area contributed by atoms with Crippen LogP contribution in [0.4, 0.5) is 39.8 Å². The summed E-state index contributed by atoms with van der Waals surface area (Å²) >= 11 is 1.76. The molecule has 284 valence electrons. The normalized spacial score (nSPS) is 17.3. The van der Waals surface area contributed by atoms with Gasteiger partial charge in [-0.1, -0.05) is 93.6 Å². The zero-order chi connectivity index (χ0) is 40.3. The lowest BCUT2D eigenvalue weighted by Gasteiger charge is -2.34. The van der Waals surface area contributed by atoms with E-state index in [1.54, 1.807) is 11.3 Å². The van der Waals surface area contributed by atoms with Crippen molar-refractivity contribution in [2.45, 2.75) is 44.9 Å². The molecule has 59 heavy (non-hydrogen) atoms. The highest BCUT2D eigenvalue weighted by Crippen LogP contribution is 2.67. The number of rotatable bonds is 8. The second-order valence-corrected chi connectivity index (χ2v) is 17.3. The molecule has 10 rings (SSSR count). The van der Waals surface area contributed by atoms with E-state index in [4.69, 9.17) is 16.5 Å². The minimum absolute atomic E-state index is 0.0234. The van der Waals surface area contributed by atoms with Crippen molar-refractivity contribution in [3.63, 3.8) is 0 Å². The predicted octanol–water partition coefficient (Wildman–Crippen LogP) is 14.6. The van der Waals surface area contributed by atoms with Gasteiger partial charge >= 0.3 is 0 Å². The first-order chi connectivity index (χ1) is 28.8. The van der Waals surface area contributed by atoms with Gasteiger partial charge in [0.2, 0.25) is 0 Å². The summed E-state index contributed by atoms with van der Waals surface area (Å²) in [5.74, 6) is 0.386. The smallest absolute Gasteiger partial charge is 0.187 e. The van der Waals surface area contributed by atoms with Gasteiger partial charge in [0.15, 0.2) is 5.69 Å². The highest BCUT2D eigenvalue weighted by molar-refractivity contribution is 7.20. The average molecular weight is 781 g/mol. The summed E-state index contributed by atoms with van der Waals surface area (Å²) in [6.07, 6.45) is 2.27. The molecule has 6 aromatic carbocycles. The molecule has 2 heterocycles. The molecule has 0 spiro atoms. The number of hydrogen-bond donors (Lipinski definition) is 0. The first kappa shape index (κ1) is 36.3. The van der Waals surface area contributed by atoms with Crippen LogP contribution in [0.25, 0.3) is 36.8 Å². The molecule has 1 saturated carbocycles. The quantitative estimate of drug-likeness (QED) is 0.144. The molecular weight excluding hydrogens is 741 g/mol. The lowest BCUT2D eigenvalue weighted by molar-refractivity contribution is 0.227. The third-order valence-corrected chi connectivity index (χ3v) is 14.2. The molecule has 2 aliphatic carbocycles. The molecule has 2 aromatic heterocycles. The SMILES string of the molecule is [C-]#[N+]c1ccc(N(c2ccccc2)c2ccc(-c3sc(-c4ccc(N(c5ccccc5)c5ccc(C#N)cc5)cc4)c4nc5c(nc34)C3(C)CCC5C3(C)C)cc2)cc1. The number of thiophene rings is 1. The number of nitriles is 1. The molecule has 2 atom stereocenters. The van der Waals surface area contributed by atoms with Gasteiger partial charge in [-0.3, -0.25) is 0 Å². The van der Waals surface area contributed by atoms with Gasteiger partial charge in [-0.05, 0) is 114 Å². The summed E-state index contributed by atoms with van der Waals surface area (Å²) in [7, 11) is 0. The second-order valence-electron chi connectivity index (χ2n) is 16.3. The van der Waals surface area contributed by atoms with Crippen LogP contribution in [0.2, 0.25) is 0 Å². The Morgan fingerprint density at radius 1 is 0.610 bits per heavy atom. The Labute approximate surface area is 349 Å². The Kier molecular flexibility index (Phi) is 8.67. The molecule has 0 radical (unpaired) electrons. The van der Waals surface area contributed by atoms with Crippen molar-refractivity contribution in [2.24, 2.45) is 5.41 Å². The van der Waals surface area contributed by atoms with E-state index >= 15 is 0 Å². The van der Waals surface area contributed by atoms with Crippen LogP contribution < -0.4 is 9.80 Å². The van der Waals surface area contributed by atoms with Crippen LogP contribution >= 0.6 is 11.3 Å². The molecule has 0 saturated heterocycles. The highest BCUT2D eigenvalue weighted by atomic mass is 32.1. The standard InChI is InChI=1S/C52H40N6S/c1-51(2)44-31-32-52(51,3)50-45(44)55-46-47(56-50)49(36-19-27-42(28-20-36)58(39-13-9-6-10-14-39)43-29-21-37(54-4)22-30-43)59-48(46)35-17-25-41(26-18-35)57(38-11-7-5-8-12-38)40-23-15-34(33-53)16-24-40/h5-30,44H,31-32H2,1-3H3. The maximum Gasteiger partial charge on any atom is 0.187 e. The minimum Gasteiger partial charge on any atom is -0.311 e. The van der Waals surface area contributed by atoms with E-state index < -0.39 is 0 Å². The number of nitrogens with zero attached hydrogens (tertiary/aromatic N) is 6. The molecule has 2 bridgehead atoms. The topological polar surface area (TPSA) is 60.4 Å². The molecule has 1 fully saturated rings. The van der Waals surface area contributed by atoms with E-state index in [-0.39, 0.29) is 10.8 Å². The third kappa shape index (κ3) is 5.89. The lowest BCUT2D eigenvalue weighted by Crippen LogP contribution is -2.31. The van der Waals surface area contributed by atoms with Gasteiger partial charge < -0.3 is 9.80 Å². The molecule has 0 aliphatic heterocycles. The maximum absolute atomic E-state index is 9.46. The van der Waals surface area contributed by atoms with E-state index in [1.807, 2.05) is 84.9 Å². The molecule has 0 amide bonds. The Hall–Kier alpha value is -7.06. The summed E-state index contributed by atoms with van der Waals surface area (Å²) in [5, 5.41) is 9.46. The van der Waals surface area contributed by atoms with Crippen LogP contribution in [0.15, 0.2) is 158 Å². The van der Waals surface area contributed by atoms with Gasteiger partial charge in [0, 0.05) is 45.5 Å². The summed E-state index contributed by atoms with van der Waals surface area (Å²) in [5.41, 5.74) is 13.9. The van der Waals surface area contributed by atoms with Crippen LogP contribution in [0.1, 0.15) is 56.5 Å². The summed E-state index contributed by atoms with van der Waals surface area (Å²) in [6.45, 7) is 14.7. The second kappa shape index (κ2) is 14.1. The van der Waals surface area contributed by atoms with Gasteiger partial charge in [-0.15, -0.1) is 11.3 Å². The minimum atomic E-state index is -0.0234. The third-order valence-electron chi connectivity index (χ3n) is 12.9. The Bertz CT molecular complexity index is 2920. The number of hydrogen-bond acceptors (Lipinski definition) is 6. The predicted molar refractivity (Wildman–Crippen MR) is 242 cm³/mol. The summed E-state index contributed by atoms with van der Waals surface area (Å²) in [4.78, 5) is 21.5. The fraction of sp³-hybridized carbons (Fsp3) is 0.154. The van der Waals surface area contributed by atoms with E-state index in [2.05, 4.69) is 114 Å². The van der Waals surface area contributed by atoms with Crippen LogP contribution in [-0.4, -0.2) is 9.97 Å². The molecule has 2 unspecified atom stereocenters. The maximum atomic E-state index is 9.46. The van der Waals surface area contributed by atoms with Crippen LogP contribution in [0.5, 0.6) is 0 Å². The first-order valence-corrected chi connectivity index (χ1v) is 20.8. The largest absolute Gasteiger partial charge is 0.311 e. The van der Waals surface area contributed by atoms with E-state index in [0.29, 0.717) is 17.2 Å². The van der Waals surface area contributed by atoms with Crippen molar-refractivity contribution in [2.75, 3.05) is 9.80 Å². The van der Waals surface area contributed by atoms with Crippen LogP contribution in [0.3, 0.4) is 0 Å². The van der Waals surface area contributed by atoms with Crippen LogP contribution in [-0.2, 0) is 5.41 Å². The molecule has 6 nitrogen and oxygen atoms in total. The number of anilines is 6. The van der Waals surface area contributed by atoms with Crippen molar-refractivity contribution in [1.82, 2.24) is 9.97 Å². The van der Waals surface area contributed by atoms with E-state index in [9.17, 15) is 5.26 Å². The van der Waals surface area contributed by atoms with Crippen molar-refractivity contribution >= 4 is 62.2 Å². The van der Waals surface area contributed by atoms with Crippen molar-refractivity contribution in [1.29, 1.82) is 5.26 Å². The molecule has 0 N–H and O–H groups in total. The Balaban J connectivity index is 1.09. The number of benzene rings is 6. The molecule has 2 aliphatic rings. The Morgan fingerprint density at radius 2 is 1.05 bits per heavy atom. The lowest BCUT2D eigenvalue weighted by atomic mass is 9.70. The van der Waals surface area contributed by atoms with Crippen molar-refractivity contribution < 1.29 is 0 Å². The van der Waals surface area contributed by atoms with Crippen molar-refractivity contribution in [3.05, 3.63) is 186 Å². The van der Waals surface area contributed by atoms with Gasteiger partial charge in [0.05, 0.1) is 39.3 Å². The fourth-order valence-electron chi connectivity index (χ4n) is 9.34. The van der Waals surface area contributed by atoms with Gasteiger partial charge in [-0.25, -0.2) is 14.8 Å². The Morgan fingerprint density at radius 3 is 1.53 bits per heavy atom. The van der Waals surface area contributed by atoms with E-state index in [1.165, 1.54) is 11.4 Å². The van der Waals surface area contributed by atoms with Gasteiger partial charge in [0.1, 0.15) is 11.0 Å². The molecule has 7 heteroatoms. The van der Waals surface area contributed by atoms with Crippen molar-refractivity contribution in [3.8, 4) is 27.0 Å². The average Bonchev–Trinajstić information content (AvgIpc) is 3.83. The number of fused-ring (bicyclic) bond motifs is 6. The highest BCUT2D eigenvalue weighted by Gasteiger charge is 2.61. The number of aromatic nitrogens is 2. The monoisotopic (exact) mass is 780 g/mol. The molecule has 8 aromatic rings. The van der Waals surface area contributed by atoms with Gasteiger partial charge in [0.25, 0.3) is 0 Å². The zero-order valence-corrected chi connectivity index (χ0v) is 33.9. The number of para-hydroxylation sites is 2. The summed E-state index contributed by atoms with van der Waals surface area (Å²) in [6, 6.07) is 55.9. The van der Waals surface area contributed by atoms with E-state index in [0.717, 1.165) is 78.9 Å². The molecular formula is C52H40N6S. The first-order valence-electron chi connectivity index (χ1n) is 20.0. The van der Waals surface area contributed by atoms with Gasteiger partial charge in [-0.2, -0.15) is 5.26 Å². The summed E-state index contributed by atoms with van der Waals surface area (Å²) < 4.78 is 0. The van der Waals surface area contributed by atoms with Crippen LogP contribution in [0, 0.1) is 23.3 Å². The zero-order valence-electron chi connectivity index (χ0n) is 33.1.